The van der Waals surface area contributed by atoms with Crippen molar-refractivity contribution in [3.8, 4) is 16.9 Å². The molecule has 0 bridgehead atoms. The maximum atomic E-state index is 12.4. The molecular weight excluding hydrogens is 373 g/mol. The summed E-state index contributed by atoms with van der Waals surface area (Å²) in [6.45, 7) is 6.28. The summed E-state index contributed by atoms with van der Waals surface area (Å²) in [5, 5.41) is 0. The van der Waals surface area contributed by atoms with E-state index >= 15 is 0 Å². The Morgan fingerprint density at radius 3 is 2.28 bits per heavy atom. The predicted octanol–water partition coefficient (Wildman–Crippen LogP) is 8.27. The lowest BCUT2D eigenvalue weighted by molar-refractivity contribution is -0.274. The molecule has 1 aliphatic rings. The summed E-state index contributed by atoms with van der Waals surface area (Å²) < 4.78 is 41.2. The van der Waals surface area contributed by atoms with Gasteiger partial charge in [-0.15, -0.1) is 13.2 Å². The minimum atomic E-state index is -4.67. The maximum Gasteiger partial charge on any atom is 0.573 e. The second kappa shape index (κ2) is 9.51. The van der Waals surface area contributed by atoms with Crippen molar-refractivity contribution in [1.29, 1.82) is 0 Å². The summed E-state index contributed by atoms with van der Waals surface area (Å²) >= 11 is 0. The van der Waals surface area contributed by atoms with E-state index in [9.17, 15) is 13.2 Å². The van der Waals surface area contributed by atoms with Gasteiger partial charge in [0.15, 0.2) is 0 Å². The van der Waals surface area contributed by atoms with Gasteiger partial charge in [0.1, 0.15) is 5.75 Å². The highest BCUT2D eigenvalue weighted by atomic mass is 19.4. The molecule has 156 valence electrons. The minimum absolute atomic E-state index is 0.187. The van der Waals surface area contributed by atoms with E-state index in [1.807, 2.05) is 6.07 Å². The molecule has 0 unspecified atom stereocenters. The molecule has 3 rings (SSSR count). The van der Waals surface area contributed by atoms with E-state index in [0.29, 0.717) is 5.92 Å². The lowest BCUT2D eigenvalue weighted by atomic mass is 9.75. The number of hydrogen-bond acceptors (Lipinski definition) is 1. The zero-order valence-corrected chi connectivity index (χ0v) is 17.0. The van der Waals surface area contributed by atoms with Gasteiger partial charge < -0.3 is 4.74 Å². The topological polar surface area (TPSA) is 9.23 Å². The van der Waals surface area contributed by atoms with Crippen molar-refractivity contribution >= 4 is 0 Å². The number of allylic oxidation sites excluding steroid dienone is 1. The summed E-state index contributed by atoms with van der Waals surface area (Å²) in [5.74, 6) is 1.09. The fraction of sp³-hybridized carbons (Fsp3) is 0.440. The highest BCUT2D eigenvalue weighted by Crippen LogP contribution is 2.41. The number of halogens is 3. The first-order valence-electron chi connectivity index (χ1n) is 10.5. The van der Waals surface area contributed by atoms with Crippen LogP contribution in [0, 0.1) is 5.92 Å². The van der Waals surface area contributed by atoms with Crippen LogP contribution in [-0.4, -0.2) is 6.36 Å². The van der Waals surface area contributed by atoms with Crippen molar-refractivity contribution in [3.05, 3.63) is 66.2 Å². The Morgan fingerprint density at radius 2 is 1.66 bits per heavy atom. The molecule has 4 heteroatoms. The highest BCUT2D eigenvalue weighted by Gasteiger charge is 2.31. The molecule has 2 aromatic carbocycles. The van der Waals surface area contributed by atoms with E-state index in [1.54, 1.807) is 12.1 Å². The summed E-state index contributed by atoms with van der Waals surface area (Å²) in [5.41, 5.74) is 4.68. The molecular formula is C25H29F3O. The van der Waals surface area contributed by atoms with Crippen LogP contribution >= 0.6 is 0 Å². The van der Waals surface area contributed by atoms with Crippen LogP contribution in [0.5, 0.6) is 5.75 Å². The Balaban J connectivity index is 1.68. The van der Waals surface area contributed by atoms with E-state index in [1.165, 1.54) is 42.5 Å². The number of alkyl halides is 3. The lowest BCUT2D eigenvalue weighted by Crippen LogP contribution is -2.17. The number of benzene rings is 2. The molecule has 1 fully saturated rings. The van der Waals surface area contributed by atoms with Crippen LogP contribution in [0.15, 0.2) is 60.7 Å². The van der Waals surface area contributed by atoms with Gasteiger partial charge >= 0.3 is 6.36 Å². The molecule has 0 aliphatic heterocycles. The number of hydrogen-bond donors (Lipinski definition) is 0. The second-order valence-corrected chi connectivity index (χ2v) is 8.02. The van der Waals surface area contributed by atoms with Crippen molar-refractivity contribution < 1.29 is 17.9 Å². The fourth-order valence-electron chi connectivity index (χ4n) is 4.30. The van der Waals surface area contributed by atoms with Crippen molar-refractivity contribution in [2.24, 2.45) is 5.92 Å². The third-order valence-electron chi connectivity index (χ3n) is 6.05. The first-order valence-corrected chi connectivity index (χ1v) is 10.5. The SMILES string of the molecule is C=C(CC)CCC1CCC(c2ccccc2-c2ccc(OC(F)(F)F)cc2)CC1. The van der Waals surface area contributed by atoms with Gasteiger partial charge in [-0.25, -0.2) is 0 Å². The van der Waals surface area contributed by atoms with Gasteiger partial charge in [0, 0.05) is 0 Å². The van der Waals surface area contributed by atoms with Gasteiger partial charge in [0.05, 0.1) is 0 Å². The van der Waals surface area contributed by atoms with E-state index in [-0.39, 0.29) is 5.75 Å². The zero-order valence-electron chi connectivity index (χ0n) is 17.0. The van der Waals surface area contributed by atoms with Gasteiger partial charge in [-0.2, -0.15) is 0 Å². The third-order valence-corrected chi connectivity index (χ3v) is 6.05. The molecule has 1 aliphatic carbocycles. The van der Waals surface area contributed by atoms with Crippen LogP contribution in [0.2, 0.25) is 0 Å². The smallest absolute Gasteiger partial charge is 0.406 e. The molecule has 1 saturated carbocycles. The standard InChI is InChI=1S/C25H29F3O/c1-3-18(2)8-9-19-10-12-20(13-11-19)23-6-4-5-7-24(23)21-14-16-22(17-15-21)29-25(26,27)28/h4-7,14-17,19-20H,2-3,8-13H2,1H3. The van der Waals surface area contributed by atoms with Crippen molar-refractivity contribution in [1.82, 2.24) is 0 Å². The van der Waals surface area contributed by atoms with Gasteiger partial charge in [-0.1, -0.05) is 55.5 Å². The van der Waals surface area contributed by atoms with Crippen molar-refractivity contribution in [3.63, 3.8) is 0 Å². The molecule has 0 spiro atoms. The van der Waals surface area contributed by atoms with Crippen molar-refractivity contribution in [2.75, 3.05) is 0 Å². The monoisotopic (exact) mass is 402 g/mol. The maximum absolute atomic E-state index is 12.4. The van der Waals surface area contributed by atoms with E-state index in [2.05, 4.69) is 36.4 Å². The molecule has 0 heterocycles. The van der Waals surface area contributed by atoms with E-state index in [0.717, 1.165) is 42.7 Å². The fourth-order valence-corrected chi connectivity index (χ4v) is 4.30. The Labute approximate surface area is 171 Å². The van der Waals surface area contributed by atoms with Gasteiger partial charge in [0.2, 0.25) is 0 Å². The molecule has 0 N–H and O–H groups in total. The number of ether oxygens (including phenoxy) is 1. The largest absolute Gasteiger partial charge is 0.573 e. The summed E-state index contributed by atoms with van der Waals surface area (Å²) in [6.07, 6.45) is 3.56. The molecule has 2 aromatic rings. The van der Waals surface area contributed by atoms with Gasteiger partial charge in [-0.05, 0) is 85.6 Å². The number of rotatable bonds is 7. The van der Waals surface area contributed by atoms with Crippen LogP contribution in [0.4, 0.5) is 13.2 Å². The molecule has 0 atom stereocenters. The predicted molar refractivity (Wildman–Crippen MR) is 112 cm³/mol. The molecule has 0 saturated heterocycles. The zero-order chi connectivity index (χ0) is 20.9. The third kappa shape index (κ3) is 6.12. The van der Waals surface area contributed by atoms with Crippen LogP contribution in [-0.2, 0) is 0 Å². The minimum Gasteiger partial charge on any atom is -0.406 e. The molecule has 1 nitrogen and oxygen atoms in total. The van der Waals surface area contributed by atoms with Crippen LogP contribution < -0.4 is 4.74 Å². The average molecular weight is 403 g/mol. The normalized spacial score (nSPS) is 19.7. The summed E-state index contributed by atoms with van der Waals surface area (Å²) in [7, 11) is 0. The Morgan fingerprint density at radius 1 is 1.00 bits per heavy atom. The molecule has 0 radical (unpaired) electrons. The quantitative estimate of drug-likeness (QED) is 0.423. The summed E-state index contributed by atoms with van der Waals surface area (Å²) in [4.78, 5) is 0. The Bertz CT molecular complexity index is 800. The van der Waals surface area contributed by atoms with E-state index < -0.39 is 6.36 Å². The van der Waals surface area contributed by atoms with E-state index in [4.69, 9.17) is 0 Å². The first kappa shape index (κ1) is 21.5. The Hall–Kier alpha value is -2.23. The molecule has 0 amide bonds. The van der Waals surface area contributed by atoms with Gasteiger partial charge in [-0.3, -0.25) is 0 Å². The second-order valence-electron chi connectivity index (χ2n) is 8.02. The lowest BCUT2D eigenvalue weighted by Gasteiger charge is -2.30. The van der Waals surface area contributed by atoms with Crippen LogP contribution in [0.3, 0.4) is 0 Å². The molecule has 29 heavy (non-hydrogen) atoms. The Kier molecular flexibility index (Phi) is 7.05. The van der Waals surface area contributed by atoms with Crippen LogP contribution in [0.1, 0.15) is 63.4 Å². The van der Waals surface area contributed by atoms with Crippen molar-refractivity contribution in [2.45, 2.75) is 64.1 Å². The van der Waals surface area contributed by atoms with Crippen LogP contribution in [0.25, 0.3) is 11.1 Å². The summed E-state index contributed by atoms with van der Waals surface area (Å²) in [6, 6.07) is 14.5. The first-order chi connectivity index (χ1) is 13.9. The van der Waals surface area contributed by atoms with Gasteiger partial charge in [0.25, 0.3) is 0 Å². The molecule has 0 aromatic heterocycles. The highest BCUT2D eigenvalue weighted by molar-refractivity contribution is 5.68. The average Bonchev–Trinajstić information content (AvgIpc) is 2.72.